The van der Waals surface area contributed by atoms with Crippen molar-refractivity contribution in [1.29, 1.82) is 0 Å². The van der Waals surface area contributed by atoms with Crippen molar-refractivity contribution in [2.45, 2.75) is 18.2 Å². The van der Waals surface area contributed by atoms with E-state index in [-0.39, 0.29) is 5.56 Å². The molecule has 88 valence electrons. The second-order valence-corrected chi connectivity index (χ2v) is 3.30. The van der Waals surface area contributed by atoms with E-state index < -0.39 is 24.0 Å². The summed E-state index contributed by atoms with van der Waals surface area (Å²) >= 11 is 4.95. The van der Waals surface area contributed by atoms with Gasteiger partial charge in [-0.1, -0.05) is 41.9 Å². The van der Waals surface area contributed by atoms with E-state index in [9.17, 15) is 13.6 Å². The van der Waals surface area contributed by atoms with Crippen molar-refractivity contribution < 1.29 is 13.6 Å². The van der Waals surface area contributed by atoms with Crippen LogP contribution in [0.1, 0.15) is 16.8 Å². The second-order valence-electron chi connectivity index (χ2n) is 2.82. The molecule has 0 amide bonds. The second kappa shape index (κ2) is 7.99. The fourth-order valence-corrected chi connectivity index (χ4v) is 1.20. The number of rotatable bonds is 4. The molecule has 0 N–H and O–H groups in total. The average molecular weight is 247 g/mol. The molecule has 1 rings (SSSR count). The highest BCUT2D eigenvalue weighted by atomic mass is 35.5. The maximum Gasteiger partial charge on any atom is 0.197 e. The molecule has 0 heterocycles. The normalized spacial score (nSPS) is 13.2. The van der Waals surface area contributed by atoms with Gasteiger partial charge in [0.25, 0.3) is 0 Å². The third-order valence-electron chi connectivity index (χ3n) is 1.73. The Morgan fingerprint density at radius 3 is 2.19 bits per heavy atom. The number of ketones is 1. The van der Waals surface area contributed by atoms with Crippen LogP contribution in [-0.2, 0) is 0 Å². The molecule has 0 saturated heterocycles. The Bertz CT molecular complexity index is 314. The molecule has 0 aliphatic rings. The van der Waals surface area contributed by atoms with E-state index in [1.165, 1.54) is 12.1 Å². The summed E-state index contributed by atoms with van der Waals surface area (Å²) in [4.78, 5) is 11.3. The molecule has 0 aliphatic carbocycles. The predicted octanol–water partition coefficient (Wildman–Crippen LogP) is 3.93. The smallest absolute Gasteiger partial charge is 0.197 e. The van der Waals surface area contributed by atoms with Gasteiger partial charge in [0, 0.05) is 12.0 Å². The van der Waals surface area contributed by atoms with Crippen LogP contribution in [0.3, 0.4) is 0 Å². The Morgan fingerprint density at radius 2 is 1.75 bits per heavy atom. The molecule has 0 bridgehead atoms. The molecule has 0 radical (unpaired) electrons. The van der Waals surface area contributed by atoms with Crippen molar-refractivity contribution in [1.82, 2.24) is 0 Å². The fraction of sp³-hybridized carbons (Fsp3) is 0.250. The lowest BCUT2D eigenvalue weighted by Gasteiger charge is -2.06. The monoisotopic (exact) mass is 246 g/mol. The summed E-state index contributed by atoms with van der Waals surface area (Å²) in [6.07, 6.45) is -2.47. The molecule has 1 aromatic rings. The maximum atomic E-state index is 13.1. The number of hydrogen-bond donors (Lipinski definition) is 0. The van der Waals surface area contributed by atoms with Crippen molar-refractivity contribution in [3.8, 4) is 0 Å². The Hall–Kier alpha value is -1.22. The van der Waals surface area contributed by atoms with Gasteiger partial charge in [-0.15, -0.1) is 13.2 Å². The zero-order valence-electron chi connectivity index (χ0n) is 8.70. The molecule has 0 aliphatic heterocycles. The molecule has 2 unspecified atom stereocenters. The summed E-state index contributed by atoms with van der Waals surface area (Å²) in [5.41, 5.74) is -1.59. The van der Waals surface area contributed by atoms with Crippen LogP contribution in [0.25, 0.3) is 0 Å². The molecule has 0 fully saturated rings. The van der Waals surface area contributed by atoms with Crippen molar-refractivity contribution in [2.75, 3.05) is 0 Å². The molecular formula is C12H13ClF2O. The first-order valence-corrected chi connectivity index (χ1v) is 5.06. The third-order valence-corrected chi connectivity index (χ3v) is 1.91. The largest absolute Gasteiger partial charge is 0.291 e. The Morgan fingerprint density at radius 1 is 1.25 bits per heavy atom. The Balaban J connectivity index is 0.00000106. The topological polar surface area (TPSA) is 17.1 Å². The zero-order valence-corrected chi connectivity index (χ0v) is 9.46. The van der Waals surface area contributed by atoms with Gasteiger partial charge in [-0.3, -0.25) is 4.79 Å². The number of Topliss-reactive ketones (excluding diaryl/α,β-unsaturated/α-hetero) is 1. The SMILES string of the molecule is C=C.O=C(c1ccccc1)C(F)CC(F)Cl. The van der Waals surface area contributed by atoms with E-state index in [1.54, 1.807) is 18.2 Å². The number of alkyl halides is 3. The zero-order chi connectivity index (χ0) is 12.6. The van der Waals surface area contributed by atoms with E-state index in [2.05, 4.69) is 13.2 Å². The highest BCUT2D eigenvalue weighted by Crippen LogP contribution is 2.14. The van der Waals surface area contributed by atoms with E-state index in [0.29, 0.717) is 0 Å². The van der Waals surface area contributed by atoms with Gasteiger partial charge in [0.15, 0.2) is 17.6 Å². The van der Waals surface area contributed by atoms with E-state index in [4.69, 9.17) is 11.6 Å². The van der Waals surface area contributed by atoms with Gasteiger partial charge in [-0.05, 0) is 0 Å². The van der Waals surface area contributed by atoms with Crippen LogP contribution in [0.4, 0.5) is 8.78 Å². The molecule has 1 aromatic carbocycles. The van der Waals surface area contributed by atoms with Crippen LogP contribution in [-0.4, -0.2) is 17.6 Å². The van der Waals surface area contributed by atoms with Crippen molar-refractivity contribution >= 4 is 17.4 Å². The van der Waals surface area contributed by atoms with Gasteiger partial charge in [0.1, 0.15) is 0 Å². The summed E-state index contributed by atoms with van der Waals surface area (Å²) < 4.78 is 25.3. The molecular weight excluding hydrogens is 234 g/mol. The summed E-state index contributed by atoms with van der Waals surface area (Å²) in [7, 11) is 0. The van der Waals surface area contributed by atoms with Gasteiger partial charge in [-0.25, -0.2) is 8.78 Å². The van der Waals surface area contributed by atoms with Crippen molar-refractivity contribution in [3.63, 3.8) is 0 Å². The first-order valence-electron chi connectivity index (χ1n) is 4.62. The maximum absolute atomic E-state index is 13.1. The number of carbonyl (C=O) groups excluding carboxylic acids is 1. The fourth-order valence-electron chi connectivity index (χ4n) is 1.05. The molecule has 0 saturated carbocycles. The van der Waals surface area contributed by atoms with Crippen LogP contribution in [0.5, 0.6) is 0 Å². The summed E-state index contributed by atoms with van der Waals surface area (Å²) in [5, 5.41) is 0. The van der Waals surface area contributed by atoms with E-state index >= 15 is 0 Å². The highest BCUT2D eigenvalue weighted by molar-refractivity contribution is 6.19. The lowest BCUT2D eigenvalue weighted by Crippen LogP contribution is -2.18. The molecule has 16 heavy (non-hydrogen) atoms. The molecule has 2 atom stereocenters. The van der Waals surface area contributed by atoms with Gasteiger partial charge in [0.05, 0.1) is 0 Å². The van der Waals surface area contributed by atoms with Crippen molar-refractivity contribution in [2.24, 2.45) is 0 Å². The van der Waals surface area contributed by atoms with Gasteiger partial charge >= 0.3 is 0 Å². The Kier molecular flexibility index (Phi) is 7.38. The highest BCUT2D eigenvalue weighted by Gasteiger charge is 2.21. The van der Waals surface area contributed by atoms with Gasteiger partial charge in [0.2, 0.25) is 0 Å². The quantitative estimate of drug-likeness (QED) is 0.447. The third kappa shape index (κ3) is 5.03. The van der Waals surface area contributed by atoms with Crippen LogP contribution in [0, 0.1) is 0 Å². The van der Waals surface area contributed by atoms with Gasteiger partial charge < -0.3 is 0 Å². The van der Waals surface area contributed by atoms with E-state index in [1.807, 2.05) is 0 Å². The number of hydrogen-bond acceptors (Lipinski definition) is 1. The molecule has 0 aromatic heterocycles. The standard InChI is InChI=1S/C10H9ClF2O.C2H4/c11-9(13)6-8(12)10(14)7-4-2-1-3-5-7;1-2/h1-5,8-9H,6H2;1-2H2. The van der Waals surface area contributed by atoms with Crippen LogP contribution in [0.2, 0.25) is 0 Å². The Labute approximate surface area is 98.7 Å². The molecule has 0 spiro atoms. The molecule has 4 heteroatoms. The number of halogens is 3. The van der Waals surface area contributed by atoms with Gasteiger partial charge in [-0.2, -0.15) is 0 Å². The van der Waals surface area contributed by atoms with Crippen LogP contribution >= 0.6 is 11.6 Å². The summed E-state index contributed by atoms with van der Waals surface area (Å²) in [6.45, 7) is 6.00. The number of benzene rings is 1. The molecule has 1 nitrogen and oxygen atoms in total. The van der Waals surface area contributed by atoms with Crippen LogP contribution in [0.15, 0.2) is 43.5 Å². The predicted molar refractivity (Wildman–Crippen MR) is 62.3 cm³/mol. The minimum Gasteiger partial charge on any atom is -0.291 e. The summed E-state index contributed by atoms with van der Waals surface area (Å²) in [5.74, 6) is -0.728. The number of carbonyl (C=O) groups is 1. The lowest BCUT2D eigenvalue weighted by molar-refractivity contribution is 0.0854. The van der Waals surface area contributed by atoms with E-state index in [0.717, 1.165) is 0 Å². The average Bonchev–Trinajstić information content (AvgIpc) is 2.31. The minimum absolute atomic E-state index is 0.234. The summed E-state index contributed by atoms with van der Waals surface area (Å²) in [6, 6.07) is 7.91. The first-order chi connectivity index (χ1) is 7.61. The lowest BCUT2D eigenvalue weighted by atomic mass is 10.1. The first kappa shape index (κ1) is 14.8. The minimum atomic E-state index is -1.87. The van der Waals surface area contributed by atoms with Crippen LogP contribution < -0.4 is 0 Å². The van der Waals surface area contributed by atoms with Crippen molar-refractivity contribution in [3.05, 3.63) is 49.1 Å².